The molecule has 4 N–H and O–H groups in total. The molecule has 106 valence electrons. The number of carbonyl (C=O) groups is 1. The van der Waals surface area contributed by atoms with Crippen molar-refractivity contribution in [1.29, 1.82) is 0 Å². The van der Waals surface area contributed by atoms with Crippen molar-refractivity contribution in [2.75, 3.05) is 6.54 Å². The van der Waals surface area contributed by atoms with E-state index < -0.39 is 11.6 Å². The lowest BCUT2D eigenvalue weighted by atomic mass is 9.94. The Balaban J connectivity index is 2.31. The predicted octanol–water partition coefficient (Wildman–Crippen LogP) is 1.71. The molecule has 0 spiro atoms. The molecule has 0 bridgehead atoms. The summed E-state index contributed by atoms with van der Waals surface area (Å²) in [4.78, 5) is 11.8. The van der Waals surface area contributed by atoms with Crippen molar-refractivity contribution in [2.45, 2.75) is 76.4 Å². The molecule has 1 saturated carbocycles. The van der Waals surface area contributed by atoms with E-state index in [1.54, 1.807) is 0 Å². The third-order valence-electron chi connectivity index (χ3n) is 3.83. The average molecular weight is 256 g/mol. The van der Waals surface area contributed by atoms with Gasteiger partial charge in [0.25, 0.3) is 0 Å². The first-order valence-electron chi connectivity index (χ1n) is 7.33. The number of aliphatic hydroxyl groups is 1. The van der Waals surface area contributed by atoms with Crippen molar-refractivity contribution in [3.63, 3.8) is 0 Å². The first-order valence-corrected chi connectivity index (χ1v) is 7.33. The van der Waals surface area contributed by atoms with Crippen LogP contribution >= 0.6 is 0 Å². The quantitative estimate of drug-likeness (QED) is 0.633. The maximum atomic E-state index is 11.8. The van der Waals surface area contributed by atoms with Gasteiger partial charge in [-0.3, -0.25) is 4.79 Å². The second kappa shape index (κ2) is 7.74. The summed E-state index contributed by atoms with van der Waals surface area (Å²) in [5.74, 6) is -0.124. The number of carbonyl (C=O) groups excluding carboxylic acids is 1. The minimum absolute atomic E-state index is 0.124. The molecule has 4 heteroatoms. The van der Waals surface area contributed by atoms with E-state index in [0.29, 0.717) is 6.54 Å². The van der Waals surface area contributed by atoms with E-state index in [4.69, 9.17) is 5.73 Å². The number of nitrogens with one attached hydrogen (secondary N) is 1. The molecule has 0 aromatic rings. The van der Waals surface area contributed by atoms with Crippen molar-refractivity contribution in [3.05, 3.63) is 0 Å². The molecule has 0 unspecified atom stereocenters. The van der Waals surface area contributed by atoms with Gasteiger partial charge in [0.1, 0.15) is 0 Å². The Morgan fingerprint density at radius 1 is 1.33 bits per heavy atom. The summed E-state index contributed by atoms with van der Waals surface area (Å²) < 4.78 is 0. The van der Waals surface area contributed by atoms with Crippen molar-refractivity contribution in [1.82, 2.24) is 5.32 Å². The normalized spacial score (nSPS) is 21.1. The van der Waals surface area contributed by atoms with E-state index in [0.717, 1.165) is 44.9 Å². The van der Waals surface area contributed by atoms with E-state index in [1.165, 1.54) is 12.8 Å². The van der Waals surface area contributed by atoms with E-state index in [1.807, 2.05) is 0 Å². The van der Waals surface area contributed by atoms with Gasteiger partial charge in [-0.15, -0.1) is 0 Å². The summed E-state index contributed by atoms with van der Waals surface area (Å²) in [7, 11) is 0. The minimum Gasteiger partial charge on any atom is -0.388 e. The monoisotopic (exact) mass is 256 g/mol. The molecular weight excluding hydrogens is 228 g/mol. The van der Waals surface area contributed by atoms with Gasteiger partial charge in [-0.05, 0) is 19.3 Å². The molecule has 1 aliphatic rings. The first-order chi connectivity index (χ1) is 8.57. The van der Waals surface area contributed by atoms with Crippen LogP contribution in [0.1, 0.15) is 64.7 Å². The molecule has 1 rings (SSSR count). The predicted molar refractivity (Wildman–Crippen MR) is 73.2 cm³/mol. The molecule has 0 saturated heterocycles. The van der Waals surface area contributed by atoms with Crippen LogP contribution in [0.4, 0.5) is 0 Å². The topological polar surface area (TPSA) is 75.4 Å². The van der Waals surface area contributed by atoms with Crippen LogP contribution < -0.4 is 11.1 Å². The Labute approximate surface area is 110 Å². The SMILES string of the molecule is CCCC[C@H](N)C(=O)NCC1(O)CCCCCC1. The Morgan fingerprint density at radius 2 is 1.94 bits per heavy atom. The molecule has 18 heavy (non-hydrogen) atoms. The number of nitrogens with two attached hydrogens (primary N) is 1. The number of amides is 1. The van der Waals surface area contributed by atoms with Gasteiger partial charge < -0.3 is 16.2 Å². The highest BCUT2D eigenvalue weighted by atomic mass is 16.3. The van der Waals surface area contributed by atoms with Gasteiger partial charge in [0.15, 0.2) is 0 Å². The summed E-state index contributed by atoms with van der Waals surface area (Å²) in [6, 6.07) is -0.431. The van der Waals surface area contributed by atoms with Gasteiger partial charge >= 0.3 is 0 Å². The number of unbranched alkanes of at least 4 members (excludes halogenated alkanes) is 1. The maximum Gasteiger partial charge on any atom is 0.237 e. The van der Waals surface area contributed by atoms with E-state index in [-0.39, 0.29) is 5.91 Å². The van der Waals surface area contributed by atoms with Crippen LogP contribution in [0.3, 0.4) is 0 Å². The zero-order valence-corrected chi connectivity index (χ0v) is 11.6. The second-order valence-electron chi connectivity index (χ2n) is 5.61. The van der Waals surface area contributed by atoms with E-state index >= 15 is 0 Å². The largest absolute Gasteiger partial charge is 0.388 e. The van der Waals surface area contributed by atoms with Crippen molar-refractivity contribution in [3.8, 4) is 0 Å². The Bertz CT molecular complexity index is 248. The molecule has 4 nitrogen and oxygen atoms in total. The van der Waals surface area contributed by atoms with Crippen LogP contribution in [0.15, 0.2) is 0 Å². The standard InChI is InChI=1S/C14H28N2O2/c1-2-3-8-12(15)13(17)16-11-14(18)9-6-4-5-7-10-14/h12,18H,2-11,15H2,1H3,(H,16,17)/t12-/m0/s1. The van der Waals surface area contributed by atoms with Crippen LogP contribution in [0, 0.1) is 0 Å². The maximum absolute atomic E-state index is 11.8. The lowest BCUT2D eigenvalue weighted by molar-refractivity contribution is -0.124. The zero-order chi connectivity index (χ0) is 13.4. The lowest BCUT2D eigenvalue weighted by Crippen LogP contribution is -2.48. The van der Waals surface area contributed by atoms with Crippen LogP contribution in [-0.2, 0) is 4.79 Å². The molecule has 0 aromatic carbocycles. The number of hydrogen-bond acceptors (Lipinski definition) is 3. The van der Waals surface area contributed by atoms with Crippen LogP contribution in [0.2, 0.25) is 0 Å². The first kappa shape index (κ1) is 15.4. The Kier molecular flexibility index (Phi) is 6.65. The summed E-state index contributed by atoms with van der Waals surface area (Å²) >= 11 is 0. The fraction of sp³-hybridized carbons (Fsp3) is 0.929. The van der Waals surface area contributed by atoms with Gasteiger partial charge in [-0.25, -0.2) is 0 Å². The highest BCUT2D eigenvalue weighted by Gasteiger charge is 2.28. The van der Waals surface area contributed by atoms with Crippen molar-refractivity contribution < 1.29 is 9.90 Å². The van der Waals surface area contributed by atoms with Crippen LogP contribution in [0.25, 0.3) is 0 Å². The molecule has 0 aliphatic heterocycles. The van der Waals surface area contributed by atoms with Gasteiger partial charge in [0.05, 0.1) is 11.6 Å². The smallest absolute Gasteiger partial charge is 0.237 e. The zero-order valence-electron chi connectivity index (χ0n) is 11.6. The van der Waals surface area contributed by atoms with Gasteiger partial charge in [0.2, 0.25) is 5.91 Å². The highest BCUT2D eigenvalue weighted by molar-refractivity contribution is 5.81. The fourth-order valence-corrected chi connectivity index (χ4v) is 2.50. The highest BCUT2D eigenvalue weighted by Crippen LogP contribution is 2.26. The van der Waals surface area contributed by atoms with Gasteiger partial charge in [0, 0.05) is 6.54 Å². The summed E-state index contributed by atoms with van der Waals surface area (Å²) in [5.41, 5.74) is 5.09. The Hall–Kier alpha value is -0.610. The Morgan fingerprint density at radius 3 is 2.50 bits per heavy atom. The molecule has 1 atom stereocenters. The molecule has 1 aliphatic carbocycles. The van der Waals surface area contributed by atoms with Crippen molar-refractivity contribution >= 4 is 5.91 Å². The summed E-state index contributed by atoms with van der Waals surface area (Å²) in [6.45, 7) is 2.44. The molecule has 0 radical (unpaired) electrons. The molecule has 0 heterocycles. The third kappa shape index (κ3) is 5.36. The van der Waals surface area contributed by atoms with E-state index in [9.17, 15) is 9.90 Å². The van der Waals surface area contributed by atoms with Crippen LogP contribution in [0.5, 0.6) is 0 Å². The second-order valence-corrected chi connectivity index (χ2v) is 5.61. The average Bonchev–Trinajstić information content (AvgIpc) is 2.58. The molecular formula is C14H28N2O2. The lowest BCUT2D eigenvalue weighted by Gasteiger charge is -2.27. The van der Waals surface area contributed by atoms with Crippen molar-refractivity contribution in [2.24, 2.45) is 5.73 Å². The van der Waals surface area contributed by atoms with Gasteiger partial charge in [-0.2, -0.15) is 0 Å². The number of rotatable bonds is 6. The summed E-state index contributed by atoms with van der Waals surface area (Å²) in [6.07, 6.45) is 8.79. The molecule has 1 amide bonds. The van der Waals surface area contributed by atoms with E-state index in [2.05, 4.69) is 12.2 Å². The third-order valence-corrected chi connectivity index (χ3v) is 3.83. The molecule has 0 aromatic heterocycles. The molecule has 1 fully saturated rings. The van der Waals surface area contributed by atoms with Gasteiger partial charge in [-0.1, -0.05) is 45.4 Å². The minimum atomic E-state index is -0.712. The summed E-state index contributed by atoms with van der Waals surface area (Å²) in [5, 5.41) is 13.2. The van der Waals surface area contributed by atoms with Crippen LogP contribution in [-0.4, -0.2) is 29.2 Å². The fourth-order valence-electron chi connectivity index (χ4n) is 2.50. The number of hydrogen-bond donors (Lipinski definition) is 3.